The number of aromatic nitrogens is 2. The minimum absolute atomic E-state index is 0.0171. The highest BCUT2D eigenvalue weighted by atomic mass is 16.2. The van der Waals surface area contributed by atoms with Crippen molar-refractivity contribution in [3.05, 3.63) is 47.7 Å². The standard InChI is InChI=1S/C18H21N5O2/c1-12(20-16-10-9-15(21-22-16)18(25)19-2)13-5-7-14(8-6-13)23-11-3-4-17(23)24/h5-10,12H,3-4,11H2,1-2H3,(H,19,25)(H,20,22). The van der Waals surface area contributed by atoms with Crippen molar-refractivity contribution in [3.8, 4) is 0 Å². The predicted octanol–water partition coefficient (Wildman–Crippen LogP) is 2.14. The lowest BCUT2D eigenvalue weighted by molar-refractivity contribution is -0.117. The van der Waals surface area contributed by atoms with Gasteiger partial charge in [0.05, 0.1) is 6.04 Å². The maximum absolute atomic E-state index is 11.8. The molecule has 1 fully saturated rings. The molecule has 1 aliphatic rings. The normalized spacial score (nSPS) is 15.1. The van der Waals surface area contributed by atoms with Gasteiger partial charge in [-0.3, -0.25) is 9.59 Å². The van der Waals surface area contributed by atoms with Gasteiger partial charge in [0.25, 0.3) is 5.91 Å². The van der Waals surface area contributed by atoms with Crippen LogP contribution in [0.1, 0.15) is 41.9 Å². The van der Waals surface area contributed by atoms with Crippen LogP contribution in [-0.2, 0) is 4.79 Å². The highest BCUT2D eigenvalue weighted by Gasteiger charge is 2.21. The highest BCUT2D eigenvalue weighted by Crippen LogP contribution is 2.24. The van der Waals surface area contributed by atoms with Crippen LogP contribution < -0.4 is 15.5 Å². The second kappa shape index (κ2) is 7.29. The summed E-state index contributed by atoms with van der Waals surface area (Å²) < 4.78 is 0. The van der Waals surface area contributed by atoms with Gasteiger partial charge in [-0.1, -0.05) is 12.1 Å². The average Bonchev–Trinajstić information content (AvgIpc) is 3.07. The third-order valence-corrected chi connectivity index (χ3v) is 4.27. The van der Waals surface area contributed by atoms with E-state index in [2.05, 4.69) is 20.8 Å². The van der Waals surface area contributed by atoms with E-state index >= 15 is 0 Å². The molecule has 1 aliphatic heterocycles. The molecule has 7 heteroatoms. The van der Waals surface area contributed by atoms with Crippen LogP contribution in [0, 0.1) is 0 Å². The highest BCUT2D eigenvalue weighted by molar-refractivity contribution is 5.95. The lowest BCUT2D eigenvalue weighted by Gasteiger charge is -2.18. The Bertz CT molecular complexity index is 758. The molecule has 2 amide bonds. The fourth-order valence-corrected chi connectivity index (χ4v) is 2.83. The van der Waals surface area contributed by atoms with Crippen LogP contribution in [-0.4, -0.2) is 35.6 Å². The third kappa shape index (κ3) is 3.76. The first-order chi connectivity index (χ1) is 12.1. The fraction of sp³-hybridized carbons (Fsp3) is 0.333. The van der Waals surface area contributed by atoms with E-state index < -0.39 is 0 Å². The molecule has 2 heterocycles. The van der Waals surface area contributed by atoms with Gasteiger partial charge in [-0.15, -0.1) is 10.2 Å². The van der Waals surface area contributed by atoms with Crippen molar-refractivity contribution in [3.63, 3.8) is 0 Å². The molecule has 7 nitrogen and oxygen atoms in total. The summed E-state index contributed by atoms with van der Waals surface area (Å²) in [6.45, 7) is 2.81. The van der Waals surface area contributed by atoms with Gasteiger partial charge in [0.1, 0.15) is 5.82 Å². The Hall–Kier alpha value is -2.96. The maximum atomic E-state index is 11.8. The zero-order chi connectivity index (χ0) is 17.8. The molecule has 1 aromatic heterocycles. The van der Waals surface area contributed by atoms with Gasteiger partial charge in [-0.2, -0.15) is 0 Å². The number of benzene rings is 1. The molecule has 1 saturated heterocycles. The first-order valence-electron chi connectivity index (χ1n) is 8.31. The molecule has 0 radical (unpaired) electrons. The summed E-state index contributed by atoms with van der Waals surface area (Å²) in [5.74, 6) is 0.517. The number of rotatable bonds is 5. The van der Waals surface area contributed by atoms with Crippen LogP contribution in [0.5, 0.6) is 0 Å². The Morgan fingerprint density at radius 3 is 2.48 bits per heavy atom. The molecule has 0 bridgehead atoms. The maximum Gasteiger partial charge on any atom is 0.271 e. The first kappa shape index (κ1) is 16.9. The number of carbonyl (C=O) groups is 2. The van der Waals surface area contributed by atoms with Gasteiger partial charge in [0.15, 0.2) is 5.69 Å². The zero-order valence-electron chi connectivity index (χ0n) is 14.3. The molecule has 1 aromatic carbocycles. The number of hydrogen-bond donors (Lipinski definition) is 2. The molecule has 25 heavy (non-hydrogen) atoms. The molecule has 1 atom stereocenters. The summed E-state index contributed by atoms with van der Waals surface area (Å²) in [5.41, 5.74) is 2.29. The number of nitrogens with one attached hydrogen (secondary N) is 2. The molecular formula is C18H21N5O2. The average molecular weight is 339 g/mol. The first-order valence-corrected chi connectivity index (χ1v) is 8.31. The molecular weight excluding hydrogens is 318 g/mol. The summed E-state index contributed by atoms with van der Waals surface area (Å²) in [7, 11) is 1.55. The van der Waals surface area contributed by atoms with Crippen molar-refractivity contribution in [2.75, 3.05) is 23.8 Å². The van der Waals surface area contributed by atoms with Crippen molar-refractivity contribution in [2.24, 2.45) is 0 Å². The molecule has 1 unspecified atom stereocenters. The topological polar surface area (TPSA) is 87.2 Å². The Kier molecular flexibility index (Phi) is 4.92. The Morgan fingerprint density at radius 2 is 1.92 bits per heavy atom. The van der Waals surface area contributed by atoms with Crippen molar-refractivity contribution in [2.45, 2.75) is 25.8 Å². The van der Waals surface area contributed by atoms with Crippen LogP contribution >= 0.6 is 0 Å². The van der Waals surface area contributed by atoms with Crippen LogP contribution in [0.3, 0.4) is 0 Å². The molecule has 2 N–H and O–H groups in total. The van der Waals surface area contributed by atoms with Gasteiger partial charge in [0, 0.05) is 25.7 Å². The third-order valence-electron chi connectivity index (χ3n) is 4.27. The summed E-state index contributed by atoms with van der Waals surface area (Å²) in [6.07, 6.45) is 1.55. The van der Waals surface area contributed by atoms with Crippen molar-refractivity contribution in [1.82, 2.24) is 15.5 Å². The minimum Gasteiger partial charge on any atom is -0.362 e. The van der Waals surface area contributed by atoms with E-state index in [1.807, 2.05) is 36.1 Å². The minimum atomic E-state index is -0.265. The Balaban J connectivity index is 1.65. The number of amides is 2. The monoisotopic (exact) mass is 339 g/mol. The molecule has 3 rings (SSSR count). The van der Waals surface area contributed by atoms with E-state index in [1.54, 1.807) is 19.2 Å². The van der Waals surface area contributed by atoms with Crippen LogP contribution in [0.25, 0.3) is 0 Å². The lowest BCUT2D eigenvalue weighted by atomic mass is 10.1. The van der Waals surface area contributed by atoms with Gasteiger partial charge in [0.2, 0.25) is 5.91 Å². The number of anilines is 2. The second-order valence-electron chi connectivity index (χ2n) is 5.99. The lowest BCUT2D eigenvalue weighted by Crippen LogP contribution is -2.23. The zero-order valence-corrected chi connectivity index (χ0v) is 14.3. The Labute approximate surface area is 146 Å². The predicted molar refractivity (Wildman–Crippen MR) is 95.5 cm³/mol. The van der Waals surface area contributed by atoms with Gasteiger partial charge in [-0.25, -0.2) is 0 Å². The van der Waals surface area contributed by atoms with Crippen molar-refractivity contribution < 1.29 is 9.59 Å². The van der Waals surface area contributed by atoms with E-state index in [9.17, 15) is 9.59 Å². The quantitative estimate of drug-likeness (QED) is 0.871. The van der Waals surface area contributed by atoms with Crippen molar-refractivity contribution >= 4 is 23.3 Å². The van der Waals surface area contributed by atoms with E-state index in [0.29, 0.717) is 12.2 Å². The molecule has 2 aromatic rings. The number of nitrogens with zero attached hydrogens (tertiary/aromatic N) is 3. The number of hydrogen-bond acceptors (Lipinski definition) is 5. The molecule has 0 saturated carbocycles. The van der Waals surface area contributed by atoms with E-state index in [1.165, 1.54) is 0 Å². The summed E-state index contributed by atoms with van der Waals surface area (Å²) in [4.78, 5) is 25.1. The van der Waals surface area contributed by atoms with Crippen molar-refractivity contribution in [1.29, 1.82) is 0 Å². The molecule has 0 aliphatic carbocycles. The smallest absolute Gasteiger partial charge is 0.271 e. The van der Waals surface area contributed by atoms with Gasteiger partial charge < -0.3 is 15.5 Å². The van der Waals surface area contributed by atoms with Crippen LogP contribution in [0.2, 0.25) is 0 Å². The SMILES string of the molecule is CNC(=O)c1ccc(NC(C)c2ccc(N3CCCC3=O)cc2)nn1. The van der Waals surface area contributed by atoms with Crippen LogP contribution in [0.4, 0.5) is 11.5 Å². The summed E-state index contributed by atoms with van der Waals surface area (Å²) in [6, 6.07) is 11.3. The molecule has 130 valence electrons. The summed E-state index contributed by atoms with van der Waals surface area (Å²) >= 11 is 0. The van der Waals surface area contributed by atoms with E-state index in [-0.39, 0.29) is 23.6 Å². The number of carbonyl (C=O) groups excluding carboxylic acids is 2. The second-order valence-corrected chi connectivity index (χ2v) is 5.99. The van der Waals surface area contributed by atoms with Gasteiger partial charge in [-0.05, 0) is 43.2 Å². The summed E-state index contributed by atoms with van der Waals surface area (Å²) in [5, 5.41) is 13.7. The Morgan fingerprint density at radius 1 is 1.16 bits per heavy atom. The van der Waals surface area contributed by atoms with E-state index in [4.69, 9.17) is 0 Å². The molecule has 0 spiro atoms. The van der Waals surface area contributed by atoms with Crippen LogP contribution in [0.15, 0.2) is 36.4 Å². The largest absolute Gasteiger partial charge is 0.362 e. The van der Waals surface area contributed by atoms with Gasteiger partial charge >= 0.3 is 0 Å². The van der Waals surface area contributed by atoms with E-state index in [0.717, 1.165) is 24.2 Å². The fourth-order valence-electron chi connectivity index (χ4n) is 2.83.